The van der Waals surface area contributed by atoms with Gasteiger partial charge in [-0.1, -0.05) is 29.5 Å². The van der Waals surface area contributed by atoms with E-state index in [9.17, 15) is 0 Å². The normalized spacial score (nSPS) is 11.1. The molecule has 0 aliphatic heterocycles. The molecule has 3 aromatic rings. The van der Waals surface area contributed by atoms with Crippen LogP contribution in [-0.2, 0) is 6.42 Å². The van der Waals surface area contributed by atoms with E-state index in [1.54, 1.807) is 22.7 Å². The van der Waals surface area contributed by atoms with E-state index in [4.69, 9.17) is 5.73 Å². The molecular formula is C12H11N3S2. The summed E-state index contributed by atoms with van der Waals surface area (Å²) in [5, 5.41) is 11.6. The lowest BCUT2D eigenvalue weighted by Gasteiger charge is -1.86. The number of hydrogen-bond donors (Lipinski definition) is 1. The van der Waals surface area contributed by atoms with Crippen molar-refractivity contribution < 1.29 is 0 Å². The summed E-state index contributed by atoms with van der Waals surface area (Å²) in [6.07, 6.45) is 0.808. The predicted molar refractivity (Wildman–Crippen MR) is 73.5 cm³/mol. The molecule has 0 unspecified atom stereocenters. The number of rotatable bonds is 3. The minimum Gasteiger partial charge on any atom is -0.330 e. The topological polar surface area (TPSA) is 51.8 Å². The quantitative estimate of drug-likeness (QED) is 0.788. The monoisotopic (exact) mass is 261 g/mol. The molecule has 0 saturated heterocycles. The SMILES string of the molecule is NCCc1nnc(-c2cc3ccccc3s2)s1. The van der Waals surface area contributed by atoms with Gasteiger partial charge in [0, 0.05) is 11.1 Å². The molecule has 0 fully saturated rings. The fourth-order valence-electron chi connectivity index (χ4n) is 1.66. The predicted octanol–water partition coefficient (Wildman–Crippen LogP) is 2.92. The van der Waals surface area contributed by atoms with E-state index in [1.165, 1.54) is 15.0 Å². The Morgan fingerprint density at radius 1 is 1.12 bits per heavy atom. The minimum absolute atomic E-state index is 0.626. The number of benzene rings is 1. The summed E-state index contributed by atoms with van der Waals surface area (Å²) in [5.41, 5.74) is 5.51. The Labute approximate surface area is 107 Å². The third-order valence-electron chi connectivity index (χ3n) is 2.46. The number of fused-ring (bicyclic) bond motifs is 1. The Kier molecular flexibility index (Phi) is 2.88. The van der Waals surface area contributed by atoms with Crippen molar-refractivity contribution in [3.8, 4) is 9.88 Å². The van der Waals surface area contributed by atoms with Crippen molar-refractivity contribution >= 4 is 32.8 Å². The Morgan fingerprint density at radius 3 is 2.82 bits per heavy atom. The van der Waals surface area contributed by atoms with Crippen molar-refractivity contribution in [1.29, 1.82) is 0 Å². The van der Waals surface area contributed by atoms with Gasteiger partial charge in [0.05, 0.1) is 4.88 Å². The zero-order chi connectivity index (χ0) is 11.7. The van der Waals surface area contributed by atoms with Crippen LogP contribution in [0, 0.1) is 0 Å². The first kappa shape index (κ1) is 10.8. The maximum absolute atomic E-state index is 5.51. The summed E-state index contributed by atoms with van der Waals surface area (Å²) < 4.78 is 1.29. The van der Waals surface area contributed by atoms with Gasteiger partial charge in [0.1, 0.15) is 5.01 Å². The van der Waals surface area contributed by atoms with Crippen molar-refractivity contribution in [3.05, 3.63) is 35.3 Å². The maximum atomic E-state index is 5.51. The molecule has 0 amide bonds. The third kappa shape index (κ3) is 2.09. The van der Waals surface area contributed by atoms with Crippen LogP contribution < -0.4 is 5.73 Å². The molecule has 0 aliphatic rings. The van der Waals surface area contributed by atoms with Crippen LogP contribution in [0.5, 0.6) is 0 Å². The molecule has 2 heterocycles. The molecule has 3 nitrogen and oxygen atoms in total. The molecule has 0 saturated carbocycles. The molecule has 0 bridgehead atoms. The summed E-state index contributed by atoms with van der Waals surface area (Å²) in [7, 11) is 0. The molecule has 0 aliphatic carbocycles. The van der Waals surface area contributed by atoms with Gasteiger partial charge >= 0.3 is 0 Å². The van der Waals surface area contributed by atoms with Gasteiger partial charge in [0.2, 0.25) is 0 Å². The molecule has 0 atom stereocenters. The lowest BCUT2D eigenvalue weighted by atomic mass is 10.2. The second-order valence-corrected chi connectivity index (χ2v) is 5.83. The van der Waals surface area contributed by atoms with Crippen LogP contribution in [0.1, 0.15) is 5.01 Å². The summed E-state index contributed by atoms with van der Waals surface area (Å²) in [5.74, 6) is 0. The zero-order valence-corrected chi connectivity index (χ0v) is 10.7. The van der Waals surface area contributed by atoms with Crippen molar-refractivity contribution in [1.82, 2.24) is 10.2 Å². The lowest BCUT2D eigenvalue weighted by molar-refractivity contribution is 0.914. The highest BCUT2D eigenvalue weighted by Crippen LogP contribution is 2.34. The van der Waals surface area contributed by atoms with Crippen molar-refractivity contribution in [2.45, 2.75) is 6.42 Å². The average Bonchev–Trinajstić information content (AvgIpc) is 2.94. The lowest BCUT2D eigenvalue weighted by Crippen LogP contribution is -2.01. The van der Waals surface area contributed by atoms with E-state index in [0.717, 1.165) is 16.4 Å². The van der Waals surface area contributed by atoms with Gasteiger partial charge in [-0.3, -0.25) is 0 Å². The van der Waals surface area contributed by atoms with E-state index in [-0.39, 0.29) is 0 Å². The van der Waals surface area contributed by atoms with Crippen molar-refractivity contribution in [3.63, 3.8) is 0 Å². The first-order valence-electron chi connectivity index (χ1n) is 5.38. The highest BCUT2D eigenvalue weighted by atomic mass is 32.1. The standard InChI is InChI=1S/C12H11N3S2/c13-6-5-11-14-15-12(17-11)10-7-8-3-1-2-4-9(8)16-10/h1-4,7H,5-6,13H2. The van der Waals surface area contributed by atoms with Gasteiger partial charge in [-0.25, -0.2) is 0 Å². The van der Waals surface area contributed by atoms with Crippen LogP contribution in [0.15, 0.2) is 30.3 Å². The second kappa shape index (κ2) is 4.52. The number of nitrogens with two attached hydrogens (primary N) is 1. The van der Waals surface area contributed by atoms with Crippen LogP contribution >= 0.6 is 22.7 Å². The number of thiophene rings is 1. The highest BCUT2D eigenvalue weighted by Gasteiger charge is 2.09. The Bertz CT molecular complexity index is 609. The van der Waals surface area contributed by atoms with Gasteiger partial charge in [0.15, 0.2) is 5.01 Å². The minimum atomic E-state index is 0.626. The van der Waals surface area contributed by atoms with E-state index in [0.29, 0.717) is 6.54 Å². The summed E-state index contributed by atoms with van der Waals surface area (Å²) >= 11 is 3.39. The van der Waals surface area contributed by atoms with Gasteiger partial charge in [-0.05, 0) is 24.1 Å². The molecule has 0 radical (unpaired) electrons. The first-order valence-corrected chi connectivity index (χ1v) is 7.01. The van der Waals surface area contributed by atoms with Crippen LogP contribution in [-0.4, -0.2) is 16.7 Å². The largest absolute Gasteiger partial charge is 0.330 e. The fraction of sp³-hybridized carbons (Fsp3) is 0.167. The number of hydrogen-bond acceptors (Lipinski definition) is 5. The van der Waals surface area contributed by atoms with Gasteiger partial charge in [0.25, 0.3) is 0 Å². The van der Waals surface area contributed by atoms with E-state index < -0.39 is 0 Å². The molecule has 17 heavy (non-hydrogen) atoms. The molecule has 3 rings (SSSR count). The molecule has 2 aromatic heterocycles. The summed E-state index contributed by atoms with van der Waals surface area (Å²) in [4.78, 5) is 1.19. The third-order valence-corrected chi connectivity index (χ3v) is 4.73. The van der Waals surface area contributed by atoms with E-state index in [2.05, 4.69) is 40.5 Å². The zero-order valence-electron chi connectivity index (χ0n) is 9.09. The van der Waals surface area contributed by atoms with Crippen LogP contribution in [0.2, 0.25) is 0 Å². The van der Waals surface area contributed by atoms with Gasteiger partial charge in [-0.2, -0.15) is 0 Å². The Balaban J connectivity index is 2.01. The van der Waals surface area contributed by atoms with Crippen LogP contribution in [0.25, 0.3) is 20.0 Å². The van der Waals surface area contributed by atoms with Crippen molar-refractivity contribution in [2.75, 3.05) is 6.54 Å². The van der Waals surface area contributed by atoms with Crippen LogP contribution in [0.4, 0.5) is 0 Å². The van der Waals surface area contributed by atoms with Crippen LogP contribution in [0.3, 0.4) is 0 Å². The maximum Gasteiger partial charge on any atom is 0.157 e. The van der Waals surface area contributed by atoms with Gasteiger partial charge < -0.3 is 5.73 Å². The fourth-order valence-corrected chi connectivity index (χ4v) is 3.62. The van der Waals surface area contributed by atoms with Crippen molar-refractivity contribution in [2.24, 2.45) is 5.73 Å². The Hall–Kier alpha value is -1.30. The second-order valence-electron chi connectivity index (χ2n) is 3.69. The Morgan fingerprint density at radius 2 is 2.00 bits per heavy atom. The number of nitrogens with zero attached hydrogens (tertiary/aromatic N) is 2. The molecule has 2 N–H and O–H groups in total. The molecule has 86 valence electrons. The van der Waals surface area contributed by atoms with Gasteiger partial charge in [-0.15, -0.1) is 21.5 Å². The first-order chi connectivity index (χ1) is 8.36. The molecule has 5 heteroatoms. The molecule has 1 aromatic carbocycles. The molecular weight excluding hydrogens is 250 g/mol. The highest BCUT2D eigenvalue weighted by molar-refractivity contribution is 7.25. The summed E-state index contributed by atoms with van der Waals surface area (Å²) in [6, 6.07) is 10.5. The number of aromatic nitrogens is 2. The van der Waals surface area contributed by atoms with E-state index >= 15 is 0 Å². The van der Waals surface area contributed by atoms with E-state index in [1.807, 2.05) is 0 Å². The molecule has 0 spiro atoms. The average molecular weight is 261 g/mol. The summed E-state index contributed by atoms with van der Waals surface area (Å²) in [6.45, 7) is 0.626. The smallest absolute Gasteiger partial charge is 0.157 e.